The summed E-state index contributed by atoms with van der Waals surface area (Å²) in [7, 11) is 0. The quantitative estimate of drug-likeness (QED) is 0.241. The fourth-order valence-electron chi connectivity index (χ4n) is 6.37. The highest BCUT2D eigenvalue weighted by Gasteiger charge is 2.52. The van der Waals surface area contributed by atoms with E-state index in [4.69, 9.17) is 30.5 Å². The van der Waals surface area contributed by atoms with Crippen molar-refractivity contribution in [2.45, 2.75) is 70.0 Å². The highest BCUT2D eigenvalue weighted by molar-refractivity contribution is 6.28. The molecule has 0 saturated carbocycles. The van der Waals surface area contributed by atoms with Gasteiger partial charge < -0.3 is 23.8 Å². The van der Waals surface area contributed by atoms with Crippen LogP contribution < -0.4 is 4.90 Å². The third kappa shape index (κ3) is 4.99. The standard InChI is InChI=1S/C28H30ClN5O7/c1-15(35)38-11-20-22(39-16(2)36)23(40-17(3)37)26(41-20)34-14-30-21-24(31-27(29)32-25(21)34)33-12-28(13-33)10-6-8-18-7-4-5-9-19(18)28/h4-5,7,9,14,20,22-23,26H,6,8,10-13H2,1-3H3/t20-,22+,23?,26-/m1/s1. The van der Waals surface area contributed by atoms with Gasteiger partial charge in [0.2, 0.25) is 5.28 Å². The zero-order valence-electron chi connectivity index (χ0n) is 22.9. The van der Waals surface area contributed by atoms with Crippen molar-refractivity contribution in [1.29, 1.82) is 0 Å². The van der Waals surface area contributed by atoms with E-state index >= 15 is 0 Å². The Morgan fingerprint density at radius 3 is 2.51 bits per heavy atom. The van der Waals surface area contributed by atoms with Gasteiger partial charge in [0.15, 0.2) is 35.4 Å². The first-order chi connectivity index (χ1) is 19.6. The van der Waals surface area contributed by atoms with Gasteiger partial charge in [-0.3, -0.25) is 19.0 Å². The lowest BCUT2D eigenvalue weighted by molar-refractivity contribution is -0.166. The maximum atomic E-state index is 12.1. The van der Waals surface area contributed by atoms with E-state index in [1.54, 1.807) is 4.57 Å². The van der Waals surface area contributed by atoms with Crippen LogP contribution in [0.1, 0.15) is 51.0 Å². The fraction of sp³-hybridized carbons (Fsp3) is 0.500. The summed E-state index contributed by atoms with van der Waals surface area (Å²) in [6.45, 7) is 5.06. The maximum absolute atomic E-state index is 12.1. The molecule has 2 fully saturated rings. The van der Waals surface area contributed by atoms with E-state index in [0.717, 1.165) is 32.4 Å². The Morgan fingerprint density at radius 1 is 1.05 bits per heavy atom. The molecule has 2 aliphatic heterocycles. The van der Waals surface area contributed by atoms with Gasteiger partial charge in [0.1, 0.15) is 12.7 Å². The number of hydrogen-bond donors (Lipinski definition) is 0. The van der Waals surface area contributed by atoms with Crippen LogP contribution in [0.2, 0.25) is 5.28 Å². The Balaban J connectivity index is 1.34. The second-order valence-corrected chi connectivity index (χ2v) is 11.1. The summed E-state index contributed by atoms with van der Waals surface area (Å²) in [5, 5.41) is 0.0225. The van der Waals surface area contributed by atoms with Crippen LogP contribution in [0.5, 0.6) is 0 Å². The van der Waals surface area contributed by atoms with Crippen LogP contribution >= 0.6 is 11.6 Å². The molecule has 2 saturated heterocycles. The Labute approximate surface area is 240 Å². The van der Waals surface area contributed by atoms with Gasteiger partial charge in [-0.2, -0.15) is 9.97 Å². The van der Waals surface area contributed by atoms with E-state index in [2.05, 4.69) is 44.1 Å². The van der Waals surface area contributed by atoms with Crippen LogP contribution in [-0.2, 0) is 45.2 Å². The lowest BCUT2D eigenvalue weighted by Gasteiger charge is -2.53. The van der Waals surface area contributed by atoms with E-state index < -0.39 is 42.4 Å². The Morgan fingerprint density at radius 2 is 1.78 bits per heavy atom. The molecule has 1 aliphatic carbocycles. The van der Waals surface area contributed by atoms with Crippen molar-refractivity contribution in [3.63, 3.8) is 0 Å². The number of carbonyl (C=O) groups is 3. The van der Waals surface area contributed by atoms with E-state index in [0.29, 0.717) is 17.0 Å². The zero-order chi connectivity index (χ0) is 28.9. The second-order valence-electron chi connectivity index (χ2n) is 10.8. The normalized spacial score (nSPS) is 24.5. The smallest absolute Gasteiger partial charge is 0.303 e. The first-order valence-corrected chi connectivity index (χ1v) is 13.9. The van der Waals surface area contributed by atoms with Crippen LogP contribution in [0.4, 0.5) is 5.82 Å². The van der Waals surface area contributed by atoms with Crippen LogP contribution in [0.3, 0.4) is 0 Å². The molecule has 3 aromatic rings. The van der Waals surface area contributed by atoms with Crippen LogP contribution in [-0.4, -0.2) is 75.4 Å². The minimum Gasteiger partial charge on any atom is -0.463 e. The van der Waals surface area contributed by atoms with Crippen molar-refractivity contribution in [1.82, 2.24) is 19.5 Å². The van der Waals surface area contributed by atoms with E-state index in [1.165, 1.54) is 38.2 Å². The predicted molar refractivity (Wildman–Crippen MR) is 145 cm³/mol. The van der Waals surface area contributed by atoms with Crippen LogP contribution in [0.15, 0.2) is 30.6 Å². The summed E-state index contributed by atoms with van der Waals surface area (Å²) in [4.78, 5) is 51.3. The molecule has 0 amide bonds. The third-order valence-electron chi connectivity index (χ3n) is 7.97. The summed E-state index contributed by atoms with van der Waals surface area (Å²) in [6, 6.07) is 8.61. The molecule has 6 rings (SSSR count). The minimum absolute atomic E-state index is 0.0225. The van der Waals surface area contributed by atoms with Crippen molar-refractivity contribution in [2.75, 3.05) is 24.6 Å². The molecule has 216 valence electrons. The summed E-state index contributed by atoms with van der Waals surface area (Å²) < 4.78 is 24.0. The van der Waals surface area contributed by atoms with Crippen LogP contribution in [0, 0.1) is 0 Å². The zero-order valence-corrected chi connectivity index (χ0v) is 23.7. The average molecular weight is 584 g/mol. The van der Waals surface area contributed by atoms with Crippen molar-refractivity contribution >= 4 is 46.5 Å². The Bertz CT molecular complexity index is 1520. The number of carbonyl (C=O) groups excluding carboxylic acids is 3. The van der Waals surface area contributed by atoms with Gasteiger partial charge in [-0.1, -0.05) is 24.3 Å². The molecular weight excluding hydrogens is 554 g/mol. The van der Waals surface area contributed by atoms with Crippen LogP contribution in [0.25, 0.3) is 11.2 Å². The number of ether oxygens (including phenoxy) is 4. The monoisotopic (exact) mass is 583 g/mol. The van der Waals surface area contributed by atoms with Gasteiger partial charge >= 0.3 is 17.9 Å². The van der Waals surface area contributed by atoms with E-state index in [-0.39, 0.29) is 17.3 Å². The van der Waals surface area contributed by atoms with Gasteiger partial charge in [-0.15, -0.1) is 0 Å². The van der Waals surface area contributed by atoms with Crippen molar-refractivity contribution in [2.24, 2.45) is 0 Å². The molecule has 13 heteroatoms. The number of aryl methyl sites for hydroxylation is 1. The number of halogens is 1. The lowest BCUT2D eigenvalue weighted by Crippen LogP contribution is -2.61. The molecule has 0 bridgehead atoms. The number of nitrogens with zero attached hydrogens (tertiary/aromatic N) is 5. The van der Waals surface area contributed by atoms with Gasteiger partial charge in [0.25, 0.3) is 0 Å². The molecule has 1 spiro atoms. The van der Waals surface area contributed by atoms with Crippen molar-refractivity contribution < 1.29 is 33.3 Å². The molecule has 4 atom stereocenters. The summed E-state index contributed by atoms with van der Waals surface area (Å²) in [5.74, 6) is -1.15. The predicted octanol–water partition coefficient (Wildman–Crippen LogP) is 2.90. The molecule has 1 unspecified atom stereocenters. The highest BCUT2D eigenvalue weighted by atomic mass is 35.5. The topological polar surface area (TPSA) is 135 Å². The highest BCUT2D eigenvalue weighted by Crippen LogP contribution is 2.46. The molecule has 12 nitrogen and oxygen atoms in total. The molecule has 0 N–H and O–H groups in total. The Kier molecular flexibility index (Phi) is 7.06. The number of fused-ring (bicyclic) bond motifs is 3. The average Bonchev–Trinajstić information content (AvgIpc) is 3.45. The summed E-state index contributed by atoms with van der Waals surface area (Å²) in [6.07, 6.45) is 0.795. The molecule has 2 aromatic heterocycles. The molecule has 0 radical (unpaired) electrons. The number of hydrogen-bond acceptors (Lipinski definition) is 11. The number of benzene rings is 1. The fourth-order valence-corrected chi connectivity index (χ4v) is 6.53. The first-order valence-electron chi connectivity index (χ1n) is 13.5. The lowest BCUT2D eigenvalue weighted by atomic mass is 9.65. The second kappa shape index (κ2) is 10.6. The van der Waals surface area contributed by atoms with E-state index in [1.807, 2.05) is 0 Å². The minimum atomic E-state index is -1.07. The van der Waals surface area contributed by atoms with E-state index in [9.17, 15) is 14.4 Å². The number of rotatable bonds is 6. The van der Waals surface area contributed by atoms with Crippen molar-refractivity contribution in [3.05, 3.63) is 47.0 Å². The van der Waals surface area contributed by atoms with Gasteiger partial charge in [0, 0.05) is 39.3 Å². The molecule has 3 aliphatic rings. The molecular formula is C28H30ClN5O7. The molecule has 4 heterocycles. The number of esters is 3. The number of imidazole rings is 1. The van der Waals surface area contributed by atoms with Crippen molar-refractivity contribution in [3.8, 4) is 0 Å². The first kappa shape index (κ1) is 27.4. The van der Waals surface area contributed by atoms with Gasteiger partial charge in [-0.05, 0) is 42.0 Å². The maximum Gasteiger partial charge on any atom is 0.303 e. The molecule has 41 heavy (non-hydrogen) atoms. The summed E-state index contributed by atoms with van der Waals surface area (Å²) in [5.41, 5.74) is 3.71. The summed E-state index contributed by atoms with van der Waals surface area (Å²) >= 11 is 6.43. The third-order valence-corrected chi connectivity index (χ3v) is 8.14. The number of anilines is 1. The van der Waals surface area contributed by atoms with Gasteiger partial charge in [0.05, 0.1) is 6.33 Å². The number of aromatic nitrogens is 4. The Hall–Kier alpha value is -3.77. The molecule has 1 aromatic carbocycles. The SMILES string of the molecule is CC(=O)OC[C@H]1O[C@@H](n2cnc3c(N4CC5(CCCc6ccccc65)C4)nc(Cl)nc32)C(OC(C)=O)[C@H]1OC(C)=O. The van der Waals surface area contributed by atoms with Gasteiger partial charge in [-0.25, -0.2) is 4.98 Å². The largest absolute Gasteiger partial charge is 0.463 e.